The third-order valence-corrected chi connectivity index (χ3v) is 4.29. The number of ketones is 2. The maximum Gasteiger partial charge on any atom is 0.190 e. The molecule has 1 aliphatic carbocycles. The Bertz CT molecular complexity index is 796. The summed E-state index contributed by atoms with van der Waals surface area (Å²) in [5, 5.41) is 10.8. The van der Waals surface area contributed by atoms with Gasteiger partial charge in [-0.1, -0.05) is 41.5 Å². The molecule has 0 spiro atoms. The number of hydrogen-bond acceptors (Lipinski definition) is 4. The normalized spacial score (nSPS) is 15.8. The molecule has 0 unspecified atom stereocenters. The maximum atomic E-state index is 13.0. The number of rotatable bonds is 2. The van der Waals surface area contributed by atoms with Gasteiger partial charge in [0.05, 0.1) is 7.11 Å². The van der Waals surface area contributed by atoms with Gasteiger partial charge in [0, 0.05) is 22.3 Å². The number of methoxy groups -OCH3 is 1. The van der Waals surface area contributed by atoms with Crippen LogP contribution in [0.5, 0.6) is 11.5 Å². The van der Waals surface area contributed by atoms with Crippen molar-refractivity contribution in [1.82, 2.24) is 0 Å². The molecule has 0 aliphatic heterocycles. The molecule has 0 heterocycles. The zero-order valence-electron chi connectivity index (χ0n) is 16.0. The molecule has 0 aromatic heterocycles. The monoisotopic (exact) mass is 342 g/mol. The number of allylic oxidation sites excluding steroid dienone is 4. The van der Waals surface area contributed by atoms with Crippen LogP contribution in [0.1, 0.15) is 52.7 Å². The molecule has 134 valence electrons. The second kappa shape index (κ2) is 6.17. The van der Waals surface area contributed by atoms with Crippen LogP contribution in [-0.4, -0.2) is 23.8 Å². The van der Waals surface area contributed by atoms with Crippen molar-refractivity contribution in [2.75, 3.05) is 7.11 Å². The molecule has 0 fully saturated rings. The van der Waals surface area contributed by atoms with Gasteiger partial charge in [0.15, 0.2) is 11.6 Å². The number of phenolic OH excluding ortho intramolecular Hbond substituents is 1. The van der Waals surface area contributed by atoms with Crippen LogP contribution in [0.3, 0.4) is 0 Å². The number of Topliss-reactive ketones (excluding diaryl/α,β-unsaturated/α-hetero) is 1. The molecule has 0 amide bonds. The molecule has 0 radical (unpaired) electrons. The maximum absolute atomic E-state index is 13.0. The largest absolute Gasteiger partial charge is 0.507 e. The summed E-state index contributed by atoms with van der Waals surface area (Å²) in [6.07, 6.45) is 2.67. The summed E-state index contributed by atoms with van der Waals surface area (Å²) < 4.78 is 5.34. The first kappa shape index (κ1) is 19.0. The molecule has 0 saturated heterocycles. The van der Waals surface area contributed by atoms with Gasteiger partial charge in [-0.15, -0.1) is 0 Å². The van der Waals surface area contributed by atoms with Crippen LogP contribution in [0, 0.1) is 5.41 Å². The quantitative estimate of drug-likeness (QED) is 0.818. The van der Waals surface area contributed by atoms with Crippen LogP contribution in [0.2, 0.25) is 0 Å². The summed E-state index contributed by atoms with van der Waals surface area (Å²) >= 11 is 0. The van der Waals surface area contributed by atoms with Gasteiger partial charge in [0.25, 0.3) is 0 Å². The lowest BCUT2D eigenvalue weighted by Gasteiger charge is -2.27. The zero-order valence-corrected chi connectivity index (χ0v) is 16.0. The van der Waals surface area contributed by atoms with E-state index in [4.69, 9.17) is 4.74 Å². The van der Waals surface area contributed by atoms with E-state index in [0.29, 0.717) is 22.4 Å². The molecule has 0 saturated carbocycles. The number of benzene rings is 1. The van der Waals surface area contributed by atoms with Gasteiger partial charge in [-0.3, -0.25) is 9.59 Å². The van der Waals surface area contributed by atoms with Crippen molar-refractivity contribution in [2.45, 2.75) is 47.0 Å². The Balaban J connectivity index is 2.70. The minimum atomic E-state index is -0.465. The van der Waals surface area contributed by atoms with Gasteiger partial charge in [-0.2, -0.15) is 0 Å². The Morgan fingerprint density at radius 3 is 2.00 bits per heavy atom. The Labute approximate surface area is 149 Å². The van der Waals surface area contributed by atoms with Gasteiger partial charge < -0.3 is 9.84 Å². The van der Waals surface area contributed by atoms with E-state index in [1.165, 1.54) is 19.3 Å². The Morgan fingerprint density at radius 2 is 1.52 bits per heavy atom. The average molecular weight is 342 g/mol. The fourth-order valence-corrected chi connectivity index (χ4v) is 2.86. The molecule has 25 heavy (non-hydrogen) atoms. The van der Waals surface area contributed by atoms with E-state index in [1.807, 2.05) is 41.5 Å². The van der Waals surface area contributed by atoms with Gasteiger partial charge in [0.2, 0.25) is 0 Å². The lowest BCUT2D eigenvalue weighted by Crippen LogP contribution is -2.24. The van der Waals surface area contributed by atoms with Gasteiger partial charge >= 0.3 is 0 Å². The van der Waals surface area contributed by atoms with E-state index in [0.717, 1.165) is 0 Å². The number of hydrogen-bond donors (Lipinski definition) is 1. The number of carbonyl (C=O) groups excluding carboxylic acids is 2. The topological polar surface area (TPSA) is 63.6 Å². The first-order valence-electron chi connectivity index (χ1n) is 8.30. The third-order valence-electron chi connectivity index (χ3n) is 4.29. The highest BCUT2D eigenvalue weighted by atomic mass is 16.5. The second-order valence-electron chi connectivity index (χ2n) is 8.42. The Hall–Kier alpha value is -2.36. The second-order valence-corrected chi connectivity index (χ2v) is 8.42. The summed E-state index contributed by atoms with van der Waals surface area (Å²) in [6.45, 7) is 11.6. The van der Waals surface area contributed by atoms with E-state index in [-0.39, 0.29) is 28.3 Å². The van der Waals surface area contributed by atoms with E-state index >= 15 is 0 Å². The van der Waals surface area contributed by atoms with Crippen LogP contribution in [0.4, 0.5) is 0 Å². The summed E-state index contributed by atoms with van der Waals surface area (Å²) in [4.78, 5) is 25.2. The van der Waals surface area contributed by atoms with E-state index in [9.17, 15) is 14.7 Å². The predicted octanol–water partition coefficient (Wildman–Crippen LogP) is 4.21. The van der Waals surface area contributed by atoms with Crippen LogP contribution in [0.15, 0.2) is 29.9 Å². The Kier molecular flexibility index (Phi) is 4.69. The molecule has 0 bridgehead atoms. The number of aromatic hydroxyl groups is 1. The smallest absolute Gasteiger partial charge is 0.190 e. The molecule has 0 atom stereocenters. The van der Waals surface area contributed by atoms with Crippen molar-refractivity contribution in [3.05, 3.63) is 41.0 Å². The molecule has 4 heteroatoms. The minimum absolute atomic E-state index is 0.0101. The third kappa shape index (κ3) is 3.68. The van der Waals surface area contributed by atoms with Crippen LogP contribution >= 0.6 is 0 Å². The highest BCUT2D eigenvalue weighted by Gasteiger charge is 2.33. The average Bonchev–Trinajstić information content (AvgIpc) is 2.47. The number of carbonyl (C=O) groups is 2. The van der Waals surface area contributed by atoms with Crippen LogP contribution in [0.25, 0.3) is 5.57 Å². The summed E-state index contributed by atoms with van der Waals surface area (Å²) in [5.41, 5.74) is 0.826. The highest BCUT2D eigenvalue weighted by molar-refractivity contribution is 6.37. The Morgan fingerprint density at radius 1 is 0.920 bits per heavy atom. The predicted molar refractivity (Wildman–Crippen MR) is 98.9 cm³/mol. The fourth-order valence-electron chi connectivity index (χ4n) is 2.86. The van der Waals surface area contributed by atoms with Crippen molar-refractivity contribution < 1.29 is 19.4 Å². The van der Waals surface area contributed by atoms with Crippen molar-refractivity contribution in [3.63, 3.8) is 0 Å². The van der Waals surface area contributed by atoms with Crippen molar-refractivity contribution in [2.24, 2.45) is 5.41 Å². The molecule has 2 rings (SSSR count). The highest BCUT2D eigenvalue weighted by Crippen LogP contribution is 2.42. The summed E-state index contributed by atoms with van der Waals surface area (Å²) in [7, 11) is 1.53. The molecular formula is C21H26O4. The van der Waals surface area contributed by atoms with Gasteiger partial charge in [-0.25, -0.2) is 0 Å². The first-order chi connectivity index (χ1) is 11.4. The molecule has 1 aliphatic rings. The standard InChI is InChI=1S/C21H26O4/c1-20(2,3)16-9-12(22)8-14(18(16)23)15-10-13(25-7)11-17(19(15)24)21(4,5)6/h8-11,24H,1-7H3. The number of ether oxygens (including phenoxy) is 1. The summed E-state index contributed by atoms with van der Waals surface area (Å²) in [6, 6.07) is 3.36. The molecule has 1 N–H and O–H groups in total. The van der Waals surface area contributed by atoms with Crippen LogP contribution in [-0.2, 0) is 15.0 Å². The minimum Gasteiger partial charge on any atom is -0.507 e. The lowest BCUT2D eigenvalue weighted by molar-refractivity contribution is -0.114. The van der Waals surface area contributed by atoms with E-state index in [2.05, 4.69) is 0 Å². The first-order valence-corrected chi connectivity index (χ1v) is 8.30. The van der Waals surface area contributed by atoms with E-state index < -0.39 is 5.41 Å². The van der Waals surface area contributed by atoms with Gasteiger partial charge in [0.1, 0.15) is 11.5 Å². The lowest BCUT2D eigenvalue weighted by atomic mass is 9.76. The van der Waals surface area contributed by atoms with Crippen molar-refractivity contribution in [3.8, 4) is 11.5 Å². The number of phenols is 1. The SMILES string of the molecule is COc1cc(C2=CC(=O)C=C(C(C)(C)C)C2=O)c(O)c(C(C)(C)C)c1. The molecule has 1 aromatic rings. The van der Waals surface area contributed by atoms with Crippen LogP contribution < -0.4 is 4.74 Å². The fraction of sp³-hybridized carbons (Fsp3) is 0.429. The molecule has 1 aromatic carbocycles. The van der Waals surface area contributed by atoms with Crippen molar-refractivity contribution in [1.29, 1.82) is 0 Å². The molecule has 4 nitrogen and oxygen atoms in total. The zero-order chi connectivity index (χ0) is 19.2. The van der Waals surface area contributed by atoms with Gasteiger partial charge in [-0.05, 0) is 35.1 Å². The van der Waals surface area contributed by atoms with E-state index in [1.54, 1.807) is 12.1 Å². The molecular weight excluding hydrogens is 316 g/mol. The van der Waals surface area contributed by atoms with Crippen molar-refractivity contribution >= 4 is 17.1 Å². The summed E-state index contributed by atoms with van der Waals surface area (Å²) in [5.74, 6) is 0.0520.